The second kappa shape index (κ2) is 35.0. The van der Waals surface area contributed by atoms with E-state index in [0.29, 0.717) is 77.3 Å². The number of hydrogen-bond donors (Lipinski definition) is 3. The molecule has 29 heteroatoms. The average molecular weight is 1420 g/mol. The number of hydrogen-bond acceptors (Lipinski definition) is 13. The highest BCUT2D eigenvalue weighted by molar-refractivity contribution is 6.31. The molecule has 6 fully saturated rings. The molecule has 0 unspecified atom stereocenters. The van der Waals surface area contributed by atoms with Gasteiger partial charge in [-0.05, 0) is 125 Å². The molecule has 1 spiro atoms. The van der Waals surface area contributed by atoms with E-state index in [1.807, 2.05) is 20.8 Å². The van der Waals surface area contributed by atoms with E-state index >= 15 is 28.8 Å². The van der Waals surface area contributed by atoms with Crippen LogP contribution in [0.3, 0.4) is 0 Å². The Morgan fingerprint density at radius 1 is 0.646 bits per heavy atom. The molecule has 3 aliphatic carbocycles. The molecule has 0 aromatic heterocycles. The van der Waals surface area contributed by atoms with Crippen LogP contribution in [0.4, 0.5) is 13.2 Å². The maximum atomic E-state index is 15.8. The molecule has 25 nitrogen and oxygen atoms in total. The lowest BCUT2D eigenvalue weighted by Gasteiger charge is -2.43. The van der Waals surface area contributed by atoms with Crippen molar-refractivity contribution in [1.29, 1.82) is 0 Å². The Balaban J connectivity index is 1.28. The maximum absolute atomic E-state index is 15.8. The van der Waals surface area contributed by atoms with Gasteiger partial charge in [0, 0.05) is 69.0 Å². The Morgan fingerprint density at radius 2 is 1.26 bits per heavy atom. The summed E-state index contributed by atoms with van der Waals surface area (Å²) >= 11 is 6.14. The van der Waals surface area contributed by atoms with Crippen LogP contribution in [0.15, 0.2) is 18.2 Å². The summed E-state index contributed by atoms with van der Waals surface area (Å²) in [5, 5.41) is 8.10. The molecule has 12 amide bonds. The zero-order valence-corrected chi connectivity index (χ0v) is 60.5. The van der Waals surface area contributed by atoms with Gasteiger partial charge < -0.3 is 64.8 Å². The SMILES string of the molecule is CC[C@H](C)[C@@H]1NC(=O)[C@H](CC(C)C)N(C)C(=O)C[C@@H](C(=O)N2CCCCC2)N(C)C(=O)[C@H](C2CCCCC2)N(C)C(=O)C2(CCCC2)NC(=O)[C@@H]2CCCN2C(=O)[C@H](CCc2ccc(C(F)(F)F)c(Cl)c2)NC(=O)CN(C)C(=O)[C@H](COC2CC2)N(C)C(=O)CN(C)C(=O)CN(C)C1=O. The minimum atomic E-state index is -4.76. The van der Waals surface area contributed by atoms with Crippen LogP contribution in [0, 0.1) is 17.8 Å². The van der Waals surface area contributed by atoms with Gasteiger partial charge in [0.05, 0.1) is 49.4 Å². The standard InChI is InChI=1S/C70H106ClF3N12O13/c1-12-44(4)59-66(96)80(7)40-57(89)78(5)41-58(90)82(9)54(42-99-47-27-28-47)64(94)79(6)39-55(87)75-50(30-26-45-25-29-48(49(71)37-45)70(72,73)74)63(93)86-35-21-24-51(86)62(92)77-69(31-17-18-32-69)68(98)84(11)60(46-22-15-13-16-23-46)67(97)83(10)53(65(95)85-33-19-14-20-34-85)38-56(88)81(8)52(36-43(2)3)61(91)76-59/h25,29,37,43-44,46-47,50-54,59-60H,12-24,26-28,30-36,38-42H2,1-11H3,(H,75,87)(H,76,91)(H,77,92)/t44-,50-,51-,52-,53-,54-,59-,60-/m0/s1. The quantitative estimate of drug-likeness (QED) is 0.258. The number of likely N-dealkylation sites (N-methyl/N-ethyl adjacent to an activating group) is 7. The largest absolute Gasteiger partial charge is 0.417 e. The van der Waals surface area contributed by atoms with Crippen molar-refractivity contribution in [1.82, 2.24) is 60.0 Å². The van der Waals surface area contributed by atoms with Crippen molar-refractivity contribution in [2.75, 3.05) is 95.2 Å². The topological polar surface area (TPSA) is 279 Å². The average Bonchev–Trinajstić information content (AvgIpc) is 1.76. The van der Waals surface area contributed by atoms with Crippen LogP contribution in [-0.2, 0) is 74.9 Å². The van der Waals surface area contributed by atoms with Gasteiger partial charge in [-0.2, -0.15) is 13.2 Å². The predicted octanol–water partition coefficient (Wildman–Crippen LogP) is 4.63. The number of likely N-dealkylation sites (tertiary alicyclic amines) is 1. The fraction of sp³-hybridized carbons (Fsp3) is 0.743. The van der Waals surface area contributed by atoms with E-state index in [9.17, 15) is 41.9 Å². The first-order valence-corrected chi connectivity index (χ1v) is 35.8. The Labute approximate surface area is 585 Å². The van der Waals surface area contributed by atoms with Crippen LogP contribution >= 0.6 is 11.6 Å². The van der Waals surface area contributed by atoms with E-state index in [2.05, 4.69) is 16.0 Å². The van der Waals surface area contributed by atoms with Crippen LogP contribution in [0.5, 0.6) is 0 Å². The normalized spacial score (nSPS) is 26.7. The molecule has 8 atom stereocenters. The van der Waals surface area contributed by atoms with Crippen molar-refractivity contribution >= 4 is 82.5 Å². The third-order valence-corrected chi connectivity index (χ3v) is 21.4. The molecule has 3 saturated heterocycles. The minimum Gasteiger partial charge on any atom is -0.376 e. The first-order valence-electron chi connectivity index (χ1n) is 35.5. The molecule has 0 bridgehead atoms. The van der Waals surface area contributed by atoms with Crippen LogP contribution < -0.4 is 16.0 Å². The lowest BCUT2D eigenvalue weighted by atomic mass is 9.81. The van der Waals surface area contributed by atoms with E-state index in [0.717, 1.165) is 57.4 Å². The van der Waals surface area contributed by atoms with Gasteiger partial charge in [0.1, 0.15) is 47.8 Å². The second-order valence-electron chi connectivity index (χ2n) is 29.0. The van der Waals surface area contributed by atoms with Crippen molar-refractivity contribution in [3.8, 4) is 0 Å². The van der Waals surface area contributed by atoms with Gasteiger partial charge >= 0.3 is 6.18 Å². The zero-order valence-electron chi connectivity index (χ0n) is 59.7. The number of carbonyl (C=O) groups excluding carboxylic acids is 12. The van der Waals surface area contributed by atoms with Gasteiger partial charge in [-0.3, -0.25) is 57.5 Å². The summed E-state index contributed by atoms with van der Waals surface area (Å²) in [6.07, 6.45) is 3.61. The molecular weight excluding hydrogens is 1310 g/mol. The van der Waals surface area contributed by atoms with Crippen molar-refractivity contribution in [3.63, 3.8) is 0 Å². The molecule has 1 aromatic rings. The molecular formula is C70H106ClF3N12O13. The van der Waals surface area contributed by atoms with Crippen LogP contribution in [0.1, 0.15) is 167 Å². The number of fused-ring (bicyclic) bond motifs is 1. The highest BCUT2D eigenvalue weighted by Crippen LogP contribution is 2.38. The summed E-state index contributed by atoms with van der Waals surface area (Å²) in [6, 6.07) is -5.84. The molecule has 7 rings (SSSR count). The number of benzene rings is 1. The molecule has 99 heavy (non-hydrogen) atoms. The predicted molar refractivity (Wildman–Crippen MR) is 361 cm³/mol. The monoisotopic (exact) mass is 1410 g/mol. The number of aryl methyl sites for hydroxylation is 1. The van der Waals surface area contributed by atoms with Gasteiger partial charge in [0.2, 0.25) is 70.9 Å². The summed E-state index contributed by atoms with van der Waals surface area (Å²) in [5.41, 5.74) is -2.37. The molecule has 6 aliphatic rings. The van der Waals surface area contributed by atoms with Gasteiger partial charge in [-0.1, -0.05) is 83.9 Å². The second-order valence-corrected chi connectivity index (χ2v) is 29.4. The Bertz CT molecular complexity index is 3100. The summed E-state index contributed by atoms with van der Waals surface area (Å²) in [6.45, 7) is 5.97. The summed E-state index contributed by atoms with van der Waals surface area (Å²) < 4.78 is 47.5. The van der Waals surface area contributed by atoms with Crippen molar-refractivity contribution in [3.05, 3.63) is 34.3 Å². The number of halogens is 4. The third kappa shape index (κ3) is 20.1. The summed E-state index contributed by atoms with van der Waals surface area (Å²) in [4.78, 5) is 190. The van der Waals surface area contributed by atoms with E-state index in [1.165, 1.54) is 75.0 Å². The van der Waals surface area contributed by atoms with Crippen LogP contribution in [0.2, 0.25) is 5.02 Å². The van der Waals surface area contributed by atoms with Gasteiger partial charge in [-0.15, -0.1) is 0 Å². The molecule has 552 valence electrons. The zero-order chi connectivity index (χ0) is 73.0. The maximum Gasteiger partial charge on any atom is 0.417 e. The van der Waals surface area contributed by atoms with Gasteiger partial charge in [-0.25, -0.2) is 0 Å². The highest BCUT2D eigenvalue weighted by atomic mass is 35.5. The number of nitrogens with zero attached hydrogens (tertiary/aromatic N) is 9. The first-order chi connectivity index (χ1) is 46.7. The van der Waals surface area contributed by atoms with Crippen molar-refractivity contribution < 1.29 is 75.4 Å². The Kier molecular flexibility index (Phi) is 28.0. The minimum absolute atomic E-state index is 0.0256. The Morgan fingerprint density at radius 3 is 1.87 bits per heavy atom. The molecule has 3 N–H and O–H groups in total. The molecule has 1 aromatic carbocycles. The van der Waals surface area contributed by atoms with Crippen LogP contribution in [-0.4, -0.2) is 264 Å². The van der Waals surface area contributed by atoms with Crippen molar-refractivity contribution in [2.24, 2.45) is 17.8 Å². The molecule has 3 saturated carbocycles. The lowest BCUT2D eigenvalue weighted by molar-refractivity contribution is -0.157. The highest BCUT2D eigenvalue weighted by Gasteiger charge is 2.51. The van der Waals surface area contributed by atoms with Gasteiger partial charge in [0.25, 0.3) is 0 Å². The number of piperidine rings is 1. The number of amides is 12. The summed E-state index contributed by atoms with van der Waals surface area (Å²) in [7, 11) is 9.77. The van der Waals surface area contributed by atoms with E-state index in [4.69, 9.17) is 16.3 Å². The number of nitrogens with one attached hydrogen (secondary N) is 3. The number of carbonyl (C=O) groups is 12. The van der Waals surface area contributed by atoms with E-state index < -0.39 is 173 Å². The fourth-order valence-corrected chi connectivity index (χ4v) is 14.8. The van der Waals surface area contributed by atoms with E-state index in [-0.39, 0.29) is 69.3 Å². The molecule has 0 radical (unpaired) electrons. The van der Waals surface area contributed by atoms with Gasteiger partial charge in [0.15, 0.2) is 0 Å². The van der Waals surface area contributed by atoms with Crippen LogP contribution in [0.25, 0.3) is 0 Å². The Hall–Kier alpha value is -7.10. The number of alkyl halides is 3. The fourth-order valence-electron chi connectivity index (χ4n) is 14.5. The molecule has 3 heterocycles. The van der Waals surface area contributed by atoms with Crippen molar-refractivity contribution in [2.45, 2.75) is 223 Å². The lowest BCUT2D eigenvalue weighted by Crippen LogP contribution is -2.65. The first kappa shape index (κ1) is 79.2. The number of ether oxygens (including phenoxy) is 1. The molecule has 3 aliphatic heterocycles. The van der Waals surface area contributed by atoms with E-state index in [1.54, 1.807) is 11.8 Å². The third-order valence-electron chi connectivity index (χ3n) is 21.1. The summed E-state index contributed by atoms with van der Waals surface area (Å²) in [5.74, 6) is -9.12. The number of rotatable bonds is 12. The smallest absolute Gasteiger partial charge is 0.376 e.